The molecule has 0 amide bonds. The minimum absolute atomic E-state index is 0.0131. The lowest BCUT2D eigenvalue weighted by Crippen LogP contribution is -2.37. The number of fused-ring (bicyclic) bond motifs is 1. The van der Waals surface area contributed by atoms with Gasteiger partial charge in [-0.2, -0.15) is 0 Å². The minimum atomic E-state index is -0.391. The number of aliphatic imine (C=N–C) groups is 1. The molecule has 128 valence electrons. The zero-order valence-electron chi connectivity index (χ0n) is 14.2. The van der Waals surface area contributed by atoms with Crippen molar-refractivity contribution in [2.75, 3.05) is 13.7 Å². The van der Waals surface area contributed by atoms with Gasteiger partial charge in [-0.05, 0) is 30.5 Å². The lowest BCUT2D eigenvalue weighted by atomic mass is 9.74. The van der Waals surface area contributed by atoms with Crippen LogP contribution in [0.3, 0.4) is 0 Å². The third-order valence-electron chi connectivity index (χ3n) is 4.61. The highest BCUT2D eigenvalue weighted by molar-refractivity contribution is 5.96. The molecule has 3 rings (SSSR count). The summed E-state index contributed by atoms with van der Waals surface area (Å²) >= 11 is 0. The zero-order valence-corrected chi connectivity index (χ0v) is 14.2. The second-order valence-electron chi connectivity index (χ2n) is 6.52. The van der Waals surface area contributed by atoms with Gasteiger partial charge in [0.05, 0.1) is 12.7 Å². The van der Waals surface area contributed by atoms with Gasteiger partial charge in [0.15, 0.2) is 5.90 Å². The molecule has 24 heavy (non-hydrogen) atoms. The average Bonchev–Trinajstić information content (AvgIpc) is 2.60. The summed E-state index contributed by atoms with van der Waals surface area (Å²) in [5, 5.41) is 0. The van der Waals surface area contributed by atoms with Crippen LogP contribution in [0.25, 0.3) is 0 Å². The summed E-state index contributed by atoms with van der Waals surface area (Å²) in [7, 11) is 1.37. The Morgan fingerprint density at radius 2 is 2.04 bits per heavy atom. The summed E-state index contributed by atoms with van der Waals surface area (Å²) in [6.45, 7) is 4.69. The number of nitrogens with zero attached hydrogens (tertiary/aromatic N) is 1. The highest BCUT2D eigenvalue weighted by Gasteiger charge is 2.43. The predicted octanol–water partition coefficient (Wildman–Crippen LogP) is 3.83. The zero-order chi connectivity index (χ0) is 17.3. The van der Waals surface area contributed by atoms with Gasteiger partial charge in [0.25, 0.3) is 0 Å². The van der Waals surface area contributed by atoms with Crippen LogP contribution in [-0.2, 0) is 14.3 Å². The molecule has 0 saturated carbocycles. The van der Waals surface area contributed by atoms with E-state index in [1.165, 1.54) is 19.2 Å². The quantitative estimate of drug-likeness (QED) is 0.791. The Morgan fingerprint density at radius 1 is 1.33 bits per heavy atom. The number of carbonyl (C=O) groups excluding carboxylic acids is 1. The Hall–Kier alpha value is -2.17. The largest absolute Gasteiger partial charge is 0.466 e. The van der Waals surface area contributed by atoms with Crippen molar-refractivity contribution in [1.29, 1.82) is 0 Å². The van der Waals surface area contributed by atoms with Gasteiger partial charge in [0.2, 0.25) is 0 Å². The van der Waals surface area contributed by atoms with Crippen LogP contribution in [0.4, 0.5) is 4.39 Å². The molecule has 0 radical (unpaired) electrons. The van der Waals surface area contributed by atoms with E-state index in [4.69, 9.17) is 9.47 Å². The van der Waals surface area contributed by atoms with Crippen molar-refractivity contribution < 1.29 is 18.7 Å². The Balaban J connectivity index is 2.18. The molecule has 1 aromatic rings. The fourth-order valence-electron chi connectivity index (χ4n) is 3.52. The number of carbonyl (C=O) groups is 1. The van der Waals surface area contributed by atoms with E-state index in [1.54, 1.807) is 12.1 Å². The molecular formula is C19H22FNO3. The minimum Gasteiger partial charge on any atom is -0.466 e. The molecule has 0 saturated heterocycles. The van der Waals surface area contributed by atoms with Gasteiger partial charge in [0.1, 0.15) is 11.6 Å². The number of allylic oxidation sites excluding steroid dienone is 1. The first-order valence-electron chi connectivity index (χ1n) is 8.33. The molecule has 2 unspecified atom stereocenters. The number of halogens is 1. The number of benzene rings is 1. The lowest BCUT2D eigenvalue weighted by Gasteiger charge is -2.38. The molecule has 5 heteroatoms. The Labute approximate surface area is 141 Å². The highest BCUT2D eigenvalue weighted by atomic mass is 19.1. The van der Waals surface area contributed by atoms with Gasteiger partial charge in [0, 0.05) is 24.3 Å². The molecule has 2 atom stereocenters. The molecule has 1 aromatic carbocycles. The summed E-state index contributed by atoms with van der Waals surface area (Å²) in [6.07, 6.45) is 1.83. The van der Waals surface area contributed by atoms with Crippen LogP contribution in [0.15, 0.2) is 40.6 Å². The van der Waals surface area contributed by atoms with E-state index in [-0.39, 0.29) is 23.6 Å². The van der Waals surface area contributed by atoms with Crippen LogP contribution in [0.2, 0.25) is 0 Å². The van der Waals surface area contributed by atoms with Crippen molar-refractivity contribution in [1.82, 2.24) is 0 Å². The van der Waals surface area contributed by atoms with Gasteiger partial charge < -0.3 is 9.47 Å². The molecular weight excluding hydrogens is 309 g/mol. The summed E-state index contributed by atoms with van der Waals surface area (Å²) < 4.78 is 24.4. The molecule has 2 aliphatic rings. The van der Waals surface area contributed by atoms with Crippen molar-refractivity contribution in [2.45, 2.75) is 32.6 Å². The fourth-order valence-corrected chi connectivity index (χ4v) is 3.52. The van der Waals surface area contributed by atoms with E-state index in [1.807, 2.05) is 13.8 Å². The van der Waals surface area contributed by atoms with E-state index < -0.39 is 5.97 Å². The van der Waals surface area contributed by atoms with Crippen LogP contribution in [0.1, 0.15) is 38.2 Å². The van der Waals surface area contributed by atoms with Crippen LogP contribution in [0, 0.1) is 17.7 Å². The maximum Gasteiger partial charge on any atom is 0.337 e. The number of esters is 1. The summed E-state index contributed by atoms with van der Waals surface area (Å²) in [4.78, 5) is 17.1. The maximum absolute atomic E-state index is 13.4. The van der Waals surface area contributed by atoms with Crippen molar-refractivity contribution in [3.05, 3.63) is 47.0 Å². The number of hydrogen-bond acceptors (Lipinski definition) is 4. The van der Waals surface area contributed by atoms with Crippen molar-refractivity contribution in [3.8, 4) is 0 Å². The summed E-state index contributed by atoms with van der Waals surface area (Å²) in [5.41, 5.74) is 1.42. The smallest absolute Gasteiger partial charge is 0.337 e. The summed E-state index contributed by atoms with van der Waals surface area (Å²) in [5.74, 6) is 0.394. The first-order chi connectivity index (χ1) is 11.5. The Morgan fingerprint density at radius 3 is 2.67 bits per heavy atom. The second kappa shape index (κ2) is 6.75. The van der Waals surface area contributed by atoms with Gasteiger partial charge in [-0.25, -0.2) is 9.18 Å². The fraction of sp³-hybridized carbons (Fsp3) is 0.474. The topological polar surface area (TPSA) is 47.9 Å². The first-order valence-corrected chi connectivity index (χ1v) is 8.33. The van der Waals surface area contributed by atoms with E-state index in [0.29, 0.717) is 17.2 Å². The molecule has 2 heterocycles. The van der Waals surface area contributed by atoms with Crippen LogP contribution >= 0.6 is 0 Å². The second-order valence-corrected chi connectivity index (χ2v) is 6.52. The third-order valence-corrected chi connectivity index (χ3v) is 4.61. The maximum atomic E-state index is 13.4. The Bertz CT molecular complexity index is 691. The van der Waals surface area contributed by atoms with Gasteiger partial charge in [-0.1, -0.05) is 26.0 Å². The van der Waals surface area contributed by atoms with E-state index in [0.717, 1.165) is 24.9 Å². The monoisotopic (exact) mass is 331 g/mol. The number of rotatable bonds is 3. The van der Waals surface area contributed by atoms with Crippen molar-refractivity contribution in [2.24, 2.45) is 16.8 Å². The SMILES string of the molecule is COC(=O)C1=C(C(C)C)OC2=NCCCC2C1c1ccc(F)cc1. The lowest BCUT2D eigenvalue weighted by molar-refractivity contribution is -0.137. The molecule has 2 aliphatic heterocycles. The third kappa shape index (κ3) is 2.95. The predicted molar refractivity (Wildman–Crippen MR) is 89.1 cm³/mol. The molecule has 0 aliphatic carbocycles. The molecule has 0 bridgehead atoms. The first kappa shape index (κ1) is 16.7. The highest BCUT2D eigenvalue weighted by Crippen LogP contribution is 2.44. The van der Waals surface area contributed by atoms with E-state index >= 15 is 0 Å². The number of ether oxygens (including phenoxy) is 2. The summed E-state index contributed by atoms with van der Waals surface area (Å²) in [6, 6.07) is 6.32. The van der Waals surface area contributed by atoms with Gasteiger partial charge >= 0.3 is 5.97 Å². The van der Waals surface area contributed by atoms with Crippen LogP contribution in [-0.4, -0.2) is 25.5 Å². The van der Waals surface area contributed by atoms with Gasteiger partial charge in [-0.15, -0.1) is 0 Å². The molecule has 0 spiro atoms. The molecule has 0 aromatic heterocycles. The average molecular weight is 331 g/mol. The number of methoxy groups -OCH3 is 1. The van der Waals surface area contributed by atoms with Gasteiger partial charge in [-0.3, -0.25) is 4.99 Å². The Kier molecular flexibility index (Phi) is 4.69. The van der Waals surface area contributed by atoms with Crippen LogP contribution in [0.5, 0.6) is 0 Å². The standard InChI is InChI=1S/C19H22FNO3/c1-11(2)17-16(19(22)23-3)15(12-6-8-13(20)9-7-12)14-5-4-10-21-18(14)24-17/h6-9,11,14-15H,4-5,10H2,1-3H3. The van der Waals surface area contributed by atoms with Crippen molar-refractivity contribution in [3.63, 3.8) is 0 Å². The molecule has 0 N–H and O–H groups in total. The van der Waals surface area contributed by atoms with Crippen LogP contribution < -0.4 is 0 Å². The van der Waals surface area contributed by atoms with E-state index in [9.17, 15) is 9.18 Å². The molecule has 0 fully saturated rings. The van der Waals surface area contributed by atoms with Crippen molar-refractivity contribution >= 4 is 11.9 Å². The number of hydrogen-bond donors (Lipinski definition) is 0. The normalized spacial score (nSPS) is 23.5. The molecule has 4 nitrogen and oxygen atoms in total. The van der Waals surface area contributed by atoms with E-state index in [2.05, 4.69) is 4.99 Å².